The lowest BCUT2D eigenvalue weighted by molar-refractivity contribution is -0.117. The van der Waals surface area contributed by atoms with E-state index in [2.05, 4.69) is 10.6 Å². The highest BCUT2D eigenvalue weighted by Crippen LogP contribution is 2.21. The van der Waals surface area contributed by atoms with Gasteiger partial charge in [0.1, 0.15) is 0 Å². The molecule has 3 amide bonds. The minimum Gasteiger partial charge on any atom is -0.368 e. The molecule has 2 aromatic rings. The second-order valence-electron chi connectivity index (χ2n) is 5.56. The molecule has 0 unspecified atom stereocenters. The Morgan fingerprint density at radius 3 is 2.37 bits per heavy atom. The molecule has 27 heavy (non-hydrogen) atoms. The summed E-state index contributed by atoms with van der Waals surface area (Å²) in [5.74, 6) is -1.31. The van der Waals surface area contributed by atoms with Gasteiger partial charge in [0, 0.05) is 28.2 Å². The van der Waals surface area contributed by atoms with E-state index in [1.807, 2.05) is 0 Å². The molecule has 0 aliphatic rings. The van der Waals surface area contributed by atoms with Gasteiger partial charge < -0.3 is 16.4 Å². The van der Waals surface area contributed by atoms with Gasteiger partial charge in [0.25, 0.3) is 5.91 Å². The Kier molecular flexibility index (Phi) is 7.40. The normalized spacial score (nSPS) is 10.6. The van der Waals surface area contributed by atoms with Crippen molar-refractivity contribution in [3.05, 3.63) is 75.3 Å². The first-order valence-electron chi connectivity index (χ1n) is 7.91. The van der Waals surface area contributed by atoms with Crippen molar-refractivity contribution >= 4 is 47.0 Å². The minimum absolute atomic E-state index is 0.223. The van der Waals surface area contributed by atoms with E-state index in [-0.39, 0.29) is 19.0 Å². The van der Waals surface area contributed by atoms with E-state index < -0.39 is 11.8 Å². The van der Waals surface area contributed by atoms with Crippen LogP contribution in [0, 0.1) is 0 Å². The van der Waals surface area contributed by atoms with Crippen LogP contribution in [0.3, 0.4) is 0 Å². The Bertz CT molecular complexity index is 880. The largest absolute Gasteiger partial charge is 0.368 e. The molecular formula is C19H17Cl2N3O3. The fourth-order valence-electron chi connectivity index (χ4n) is 2.10. The Morgan fingerprint density at radius 1 is 1.00 bits per heavy atom. The molecule has 140 valence electrons. The van der Waals surface area contributed by atoms with Gasteiger partial charge in [-0.05, 0) is 47.5 Å². The fraction of sp³-hybridized carbons (Fsp3) is 0.105. The molecule has 2 rings (SSSR count). The lowest BCUT2D eigenvalue weighted by Gasteiger charge is -2.06. The molecule has 0 aliphatic carbocycles. The summed E-state index contributed by atoms with van der Waals surface area (Å²) in [4.78, 5) is 34.4. The summed E-state index contributed by atoms with van der Waals surface area (Å²) in [7, 11) is 0. The van der Waals surface area contributed by atoms with Crippen LogP contribution >= 0.6 is 23.2 Å². The number of amides is 3. The van der Waals surface area contributed by atoms with E-state index in [0.717, 1.165) is 5.56 Å². The van der Waals surface area contributed by atoms with Gasteiger partial charge in [-0.1, -0.05) is 35.3 Å². The lowest BCUT2D eigenvalue weighted by atomic mass is 10.1. The van der Waals surface area contributed by atoms with Gasteiger partial charge in [0.15, 0.2) is 0 Å². The molecule has 8 heteroatoms. The number of nitrogens with two attached hydrogens (primary N) is 1. The summed E-state index contributed by atoms with van der Waals surface area (Å²) in [6, 6.07) is 11.6. The minimum atomic E-state index is -0.616. The molecule has 0 bridgehead atoms. The first-order valence-corrected chi connectivity index (χ1v) is 8.67. The van der Waals surface area contributed by atoms with Crippen molar-refractivity contribution in [1.29, 1.82) is 0 Å². The van der Waals surface area contributed by atoms with Crippen molar-refractivity contribution in [3.63, 3.8) is 0 Å². The van der Waals surface area contributed by atoms with Crippen LogP contribution in [0.25, 0.3) is 6.08 Å². The van der Waals surface area contributed by atoms with Crippen molar-refractivity contribution in [1.82, 2.24) is 10.6 Å². The number of nitrogens with one attached hydrogen (secondary N) is 2. The third kappa shape index (κ3) is 6.77. The molecule has 0 saturated carbocycles. The summed E-state index contributed by atoms with van der Waals surface area (Å²) in [6.45, 7) is 0.0647. The van der Waals surface area contributed by atoms with Crippen LogP contribution in [0.15, 0.2) is 48.5 Å². The number of rotatable bonds is 7. The maximum absolute atomic E-state index is 11.9. The number of hydrogen-bond donors (Lipinski definition) is 3. The van der Waals surface area contributed by atoms with E-state index in [0.29, 0.717) is 21.2 Å². The van der Waals surface area contributed by atoms with Crippen LogP contribution in [0.4, 0.5) is 0 Å². The van der Waals surface area contributed by atoms with Crippen molar-refractivity contribution < 1.29 is 14.4 Å². The fourth-order valence-corrected chi connectivity index (χ4v) is 2.46. The van der Waals surface area contributed by atoms with Crippen LogP contribution in [0.5, 0.6) is 0 Å². The Balaban J connectivity index is 1.88. The molecule has 0 aromatic heterocycles. The van der Waals surface area contributed by atoms with Gasteiger partial charge in [0.2, 0.25) is 11.8 Å². The summed E-state index contributed by atoms with van der Waals surface area (Å²) < 4.78 is 0. The SMILES string of the molecule is NC(=O)CNC(=O)c1ccc(CNC(=O)/C=C/c2cc(Cl)ccc2Cl)cc1. The van der Waals surface area contributed by atoms with Crippen LogP contribution in [0.2, 0.25) is 10.0 Å². The Morgan fingerprint density at radius 2 is 1.70 bits per heavy atom. The van der Waals surface area contributed by atoms with Gasteiger partial charge in [0.05, 0.1) is 6.54 Å². The quantitative estimate of drug-likeness (QED) is 0.616. The van der Waals surface area contributed by atoms with Gasteiger partial charge in [-0.25, -0.2) is 0 Å². The zero-order valence-corrected chi connectivity index (χ0v) is 15.7. The average Bonchev–Trinajstić information content (AvgIpc) is 2.65. The first-order chi connectivity index (χ1) is 12.8. The van der Waals surface area contributed by atoms with Gasteiger partial charge >= 0.3 is 0 Å². The van der Waals surface area contributed by atoms with E-state index in [4.69, 9.17) is 28.9 Å². The van der Waals surface area contributed by atoms with Crippen molar-refractivity contribution in [2.75, 3.05) is 6.54 Å². The standard InChI is InChI=1S/C19H17Cl2N3O3/c20-15-6-7-16(21)14(9-15)5-8-18(26)23-10-12-1-3-13(4-2-12)19(27)24-11-17(22)25/h1-9H,10-11H2,(H2,22,25)(H,23,26)(H,24,27)/b8-5+. The Labute approximate surface area is 166 Å². The molecular weight excluding hydrogens is 389 g/mol. The number of halogens is 2. The summed E-state index contributed by atoms with van der Waals surface area (Å²) >= 11 is 11.9. The molecule has 0 fully saturated rings. The molecule has 0 radical (unpaired) electrons. The van der Waals surface area contributed by atoms with Gasteiger partial charge in [-0.2, -0.15) is 0 Å². The number of carbonyl (C=O) groups excluding carboxylic acids is 3. The third-order valence-corrected chi connectivity index (χ3v) is 4.06. The van der Waals surface area contributed by atoms with Gasteiger partial charge in [-0.3, -0.25) is 14.4 Å². The highest BCUT2D eigenvalue weighted by molar-refractivity contribution is 6.34. The predicted octanol–water partition coefficient (Wildman–Crippen LogP) is 2.54. The molecule has 0 heterocycles. The molecule has 0 spiro atoms. The molecule has 2 aromatic carbocycles. The van der Waals surface area contributed by atoms with Crippen LogP contribution in [-0.4, -0.2) is 24.3 Å². The monoisotopic (exact) mass is 405 g/mol. The average molecular weight is 406 g/mol. The number of primary amides is 1. The van der Waals surface area contributed by atoms with Gasteiger partial charge in [-0.15, -0.1) is 0 Å². The summed E-state index contributed by atoms with van der Waals surface area (Å²) in [5.41, 5.74) is 6.82. The van der Waals surface area contributed by atoms with E-state index >= 15 is 0 Å². The third-order valence-electron chi connectivity index (χ3n) is 3.48. The zero-order chi connectivity index (χ0) is 19.8. The summed E-state index contributed by atoms with van der Waals surface area (Å²) in [6.07, 6.45) is 2.94. The van der Waals surface area contributed by atoms with Crippen LogP contribution in [0.1, 0.15) is 21.5 Å². The number of hydrogen-bond acceptors (Lipinski definition) is 3. The molecule has 4 N–H and O–H groups in total. The van der Waals surface area contributed by atoms with E-state index in [9.17, 15) is 14.4 Å². The molecule has 0 aliphatic heterocycles. The van der Waals surface area contributed by atoms with Crippen LogP contribution < -0.4 is 16.4 Å². The first kappa shape index (κ1) is 20.5. The maximum Gasteiger partial charge on any atom is 0.251 e. The van der Waals surface area contributed by atoms with E-state index in [1.54, 1.807) is 48.5 Å². The molecule has 0 saturated heterocycles. The maximum atomic E-state index is 11.9. The van der Waals surface area contributed by atoms with E-state index in [1.165, 1.54) is 6.08 Å². The lowest BCUT2D eigenvalue weighted by Crippen LogP contribution is -2.33. The number of benzene rings is 2. The smallest absolute Gasteiger partial charge is 0.251 e. The predicted molar refractivity (Wildman–Crippen MR) is 105 cm³/mol. The van der Waals surface area contributed by atoms with Crippen molar-refractivity contribution in [2.24, 2.45) is 5.73 Å². The van der Waals surface area contributed by atoms with Crippen molar-refractivity contribution in [3.8, 4) is 0 Å². The second-order valence-corrected chi connectivity index (χ2v) is 6.41. The zero-order valence-electron chi connectivity index (χ0n) is 14.2. The second kappa shape index (κ2) is 9.75. The number of carbonyl (C=O) groups is 3. The highest BCUT2D eigenvalue weighted by atomic mass is 35.5. The summed E-state index contributed by atoms with van der Waals surface area (Å²) in [5, 5.41) is 6.15. The Hall–Kier alpha value is -2.83. The van der Waals surface area contributed by atoms with Crippen molar-refractivity contribution in [2.45, 2.75) is 6.54 Å². The molecule has 0 atom stereocenters. The molecule has 6 nitrogen and oxygen atoms in total. The van der Waals surface area contributed by atoms with Crippen LogP contribution in [-0.2, 0) is 16.1 Å². The highest BCUT2D eigenvalue weighted by Gasteiger charge is 2.06. The topological polar surface area (TPSA) is 101 Å².